The van der Waals surface area contributed by atoms with Crippen LogP contribution >= 0.6 is 0 Å². The number of rotatable bonds is 9. The summed E-state index contributed by atoms with van der Waals surface area (Å²) in [7, 11) is 0. The first-order valence-corrected chi connectivity index (χ1v) is 18.2. The van der Waals surface area contributed by atoms with E-state index >= 15 is 0 Å². The highest BCUT2D eigenvalue weighted by Gasteiger charge is 2.40. The van der Waals surface area contributed by atoms with Gasteiger partial charge in [0.05, 0.1) is 18.8 Å². The van der Waals surface area contributed by atoms with Crippen LogP contribution in [-0.4, -0.2) is 39.1 Å². The normalized spacial score (nSPS) is 27.9. The largest absolute Gasteiger partial charge is 0.667 e. The van der Waals surface area contributed by atoms with Crippen molar-refractivity contribution in [2.24, 2.45) is 17.8 Å². The predicted octanol–water partition coefficient (Wildman–Crippen LogP) is 7.38. The van der Waals surface area contributed by atoms with Gasteiger partial charge in [-0.3, -0.25) is 0 Å². The van der Waals surface area contributed by atoms with Gasteiger partial charge < -0.3 is 30.8 Å². The fourth-order valence-electron chi connectivity index (χ4n) is 8.70. The summed E-state index contributed by atoms with van der Waals surface area (Å²) in [5, 5.41) is 33.6. The van der Waals surface area contributed by atoms with E-state index in [1.54, 1.807) is 12.3 Å². The molecule has 1 fully saturated rings. The standard InChI is InChI=1S/C41H52N3O4/c1-2-28-9-4-5-10-35(46)40-29(13-12-28)14-15-30(25-36(40)47)31-16-17-34(45)37(26-31)48-24-19-33(32-18-23-44-39(42)27-32)41(20-6-3-7-21-41)38-11-8-22-43-38/h8,11,14-18,22-23,26-30,33,35-36,40,45-47H,2-7,9-10,19-21,24-25H2,1H3,(H2,42,44)/q-1/t28-,29+,30+,33+,35-,36+,40+/m0/s1. The first-order valence-electron chi connectivity index (χ1n) is 18.2. The number of aliphatic hydroxyl groups is 2. The molecule has 0 aliphatic heterocycles. The molecule has 48 heavy (non-hydrogen) atoms. The maximum atomic E-state index is 11.5. The van der Waals surface area contributed by atoms with Crippen molar-refractivity contribution in [3.63, 3.8) is 0 Å². The zero-order valence-corrected chi connectivity index (χ0v) is 28.3. The van der Waals surface area contributed by atoms with Crippen molar-refractivity contribution in [3.05, 3.63) is 83.8 Å². The maximum absolute atomic E-state index is 11.5. The molecule has 3 aliphatic carbocycles. The number of benzene rings is 1. The predicted molar refractivity (Wildman–Crippen MR) is 190 cm³/mol. The van der Waals surface area contributed by atoms with Gasteiger partial charge in [0, 0.05) is 29.9 Å². The van der Waals surface area contributed by atoms with Gasteiger partial charge in [-0.25, -0.2) is 4.98 Å². The van der Waals surface area contributed by atoms with E-state index in [2.05, 4.69) is 48.0 Å². The second-order valence-electron chi connectivity index (χ2n) is 14.3. The van der Waals surface area contributed by atoms with E-state index < -0.39 is 12.2 Å². The number of pyridine rings is 1. The van der Waals surface area contributed by atoms with Crippen LogP contribution in [-0.2, 0) is 5.41 Å². The summed E-state index contributed by atoms with van der Waals surface area (Å²) < 4.78 is 6.39. The molecule has 1 aromatic carbocycles. The number of ether oxygens (including phenoxy) is 1. The lowest BCUT2D eigenvalue weighted by molar-refractivity contribution is -0.00705. The second-order valence-corrected chi connectivity index (χ2v) is 14.3. The number of nitrogens with two attached hydrogens (primary N) is 1. The topological polar surface area (TPSA) is 123 Å². The fourth-order valence-corrected chi connectivity index (χ4v) is 8.70. The average Bonchev–Trinajstić information content (AvgIpc) is 3.59. The number of nitrogens with zero attached hydrogens (tertiary/aromatic N) is 2. The SMILES string of the molecule is CC[C@@H]1C#C[C@@H]2C=C[C@@H](c3ccc(O)c(OCC[C@H](c4ccnc(N)c4)C4(c5ccc[n-]5)CCCCC4)c3)C[C@@H](O)[C@H]2[C@@H](O)CCCC1. The number of phenols is 1. The number of phenolic OH excluding ortho intramolecular Hbond substituents is 1. The van der Waals surface area contributed by atoms with E-state index in [9.17, 15) is 15.3 Å². The minimum Gasteiger partial charge on any atom is -0.667 e. The number of aromatic hydroxyl groups is 1. The quantitative estimate of drug-likeness (QED) is 0.141. The molecule has 0 spiro atoms. The summed E-state index contributed by atoms with van der Waals surface area (Å²) in [5.41, 5.74) is 9.29. The number of anilines is 1. The molecular weight excluding hydrogens is 598 g/mol. The van der Waals surface area contributed by atoms with Crippen LogP contribution in [0.2, 0.25) is 0 Å². The molecule has 2 heterocycles. The van der Waals surface area contributed by atoms with Gasteiger partial charge in [-0.1, -0.05) is 81.2 Å². The number of fused-ring (bicyclic) bond motifs is 1. The van der Waals surface area contributed by atoms with Crippen molar-refractivity contribution in [1.82, 2.24) is 9.97 Å². The molecule has 3 aliphatic rings. The van der Waals surface area contributed by atoms with Crippen molar-refractivity contribution in [2.45, 2.75) is 113 Å². The first kappa shape index (κ1) is 34.1. The molecule has 256 valence electrons. The van der Waals surface area contributed by atoms with Gasteiger partial charge in [-0.05, 0) is 91.7 Å². The molecule has 6 rings (SSSR count). The Morgan fingerprint density at radius 3 is 2.60 bits per heavy atom. The molecule has 0 unspecified atom stereocenters. The number of allylic oxidation sites excluding steroid dienone is 2. The number of hydrogen-bond donors (Lipinski definition) is 4. The molecule has 0 saturated heterocycles. The van der Waals surface area contributed by atoms with Crippen molar-refractivity contribution >= 4 is 5.82 Å². The van der Waals surface area contributed by atoms with Gasteiger partial charge in [0.1, 0.15) is 5.82 Å². The number of hydrogen-bond acceptors (Lipinski definition) is 6. The van der Waals surface area contributed by atoms with Crippen LogP contribution in [0, 0.1) is 29.6 Å². The van der Waals surface area contributed by atoms with E-state index in [1.165, 1.54) is 6.42 Å². The summed E-state index contributed by atoms with van der Waals surface area (Å²) in [5.74, 6) is 7.78. The van der Waals surface area contributed by atoms with Gasteiger partial charge in [0.25, 0.3) is 0 Å². The van der Waals surface area contributed by atoms with Crippen molar-refractivity contribution in [1.29, 1.82) is 0 Å². The minimum absolute atomic E-state index is 0.0905. The number of nitrogen functional groups attached to an aromatic ring is 1. The Balaban J connectivity index is 1.22. The number of aromatic nitrogens is 2. The minimum atomic E-state index is -0.706. The monoisotopic (exact) mass is 650 g/mol. The summed E-state index contributed by atoms with van der Waals surface area (Å²) in [6.45, 7) is 2.58. The van der Waals surface area contributed by atoms with Crippen LogP contribution in [0.5, 0.6) is 11.5 Å². The molecular formula is C41H52N3O4-. The van der Waals surface area contributed by atoms with Gasteiger partial charge in [0.2, 0.25) is 0 Å². The summed E-state index contributed by atoms with van der Waals surface area (Å²) in [6.07, 6.45) is 18.2. The van der Waals surface area contributed by atoms with Crippen LogP contribution < -0.4 is 15.5 Å². The Morgan fingerprint density at radius 2 is 1.83 bits per heavy atom. The smallest absolute Gasteiger partial charge is 0.161 e. The van der Waals surface area contributed by atoms with Gasteiger partial charge in [0.15, 0.2) is 11.5 Å². The lowest BCUT2D eigenvalue weighted by Gasteiger charge is -2.47. The molecule has 7 nitrogen and oxygen atoms in total. The van der Waals surface area contributed by atoms with Crippen molar-refractivity contribution in [2.75, 3.05) is 12.3 Å². The van der Waals surface area contributed by atoms with Crippen LogP contribution in [0.1, 0.15) is 113 Å². The first-order chi connectivity index (χ1) is 23.4. The van der Waals surface area contributed by atoms with Crippen molar-refractivity contribution in [3.8, 4) is 23.3 Å². The van der Waals surface area contributed by atoms with E-state index in [0.717, 1.165) is 74.6 Å². The third-order valence-corrected chi connectivity index (χ3v) is 11.4. The van der Waals surface area contributed by atoms with Crippen LogP contribution in [0.4, 0.5) is 5.82 Å². The lowest BCUT2D eigenvalue weighted by atomic mass is 9.61. The molecule has 0 amide bonds. The third-order valence-electron chi connectivity index (χ3n) is 11.4. The number of aliphatic hydroxyl groups excluding tert-OH is 2. The molecule has 7 atom stereocenters. The van der Waals surface area contributed by atoms with Gasteiger partial charge >= 0.3 is 0 Å². The van der Waals surface area contributed by atoms with E-state index in [4.69, 9.17) is 15.5 Å². The molecule has 5 N–H and O–H groups in total. The van der Waals surface area contributed by atoms with Crippen LogP contribution in [0.3, 0.4) is 0 Å². The maximum Gasteiger partial charge on any atom is 0.161 e. The molecule has 7 heteroatoms. The molecule has 1 saturated carbocycles. The van der Waals surface area contributed by atoms with Gasteiger partial charge in [-0.15, -0.1) is 0 Å². The Bertz CT molecular complexity index is 1570. The summed E-state index contributed by atoms with van der Waals surface area (Å²) in [6, 6.07) is 13.7. The Kier molecular flexibility index (Phi) is 11.1. The van der Waals surface area contributed by atoms with Crippen LogP contribution in [0.15, 0.2) is 67.0 Å². The fraction of sp³-hybridized carbons (Fsp3) is 0.537. The van der Waals surface area contributed by atoms with Gasteiger partial charge in [-0.2, -0.15) is 11.9 Å². The highest BCUT2D eigenvalue weighted by molar-refractivity contribution is 5.44. The summed E-state index contributed by atoms with van der Waals surface area (Å²) >= 11 is 0. The highest BCUT2D eigenvalue weighted by Crippen LogP contribution is 2.50. The average molecular weight is 651 g/mol. The summed E-state index contributed by atoms with van der Waals surface area (Å²) in [4.78, 5) is 9.08. The molecule has 0 bridgehead atoms. The Hall–Kier alpha value is -3.73. The van der Waals surface area contributed by atoms with E-state index in [1.807, 2.05) is 30.5 Å². The second kappa shape index (κ2) is 15.7. The Labute approximate surface area is 286 Å². The zero-order valence-electron chi connectivity index (χ0n) is 28.3. The van der Waals surface area contributed by atoms with Crippen molar-refractivity contribution < 1.29 is 20.1 Å². The van der Waals surface area contributed by atoms with E-state index in [-0.39, 0.29) is 34.8 Å². The molecule has 3 aromatic rings. The van der Waals surface area contributed by atoms with Crippen LogP contribution in [0.25, 0.3) is 0 Å². The molecule has 2 aromatic heterocycles. The zero-order chi connectivity index (χ0) is 33.5. The third kappa shape index (κ3) is 7.61. The lowest BCUT2D eigenvalue weighted by Crippen LogP contribution is -2.37. The van der Waals surface area contributed by atoms with E-state index in [0.29, 0.717) is 36.9 Å². The molecule has 0 radical (unpaired) electrons. The Morgan fingerprint density at radius 1 is 1.00 bits per heavy atom. The highest BCUT2D eigenvalue weighted by atomic mass is 16.5.